The van der Waals surface area contributed by atoms with Crippen LogP contribution in [0.2, 0.25) is 5.02 Å². The minimum absolute atomic E-state index is 0.137. The fourth-order valence-electron chi connectivity index (χ4n) is 3.65. The first-order valence-corrected chi connectivity index (χ1v) is 11.5. The maximum Gasteiger partial charge on any atom is 0.338 e. The molecule has 2 aromatic carbocycles. The van der Waals surface area contributed by atoms with Gasteiger partial charge in [0.05, 0.1) is 10.5 Å². The normalized spacial score (nSPS) is 20.0. The van der Waals surface area contributed by atoms with Crippen molar-refractivity contribution in [2.24, 2.45) is 11.8 Å². The van der Waals surface area contributed by atoms with E-state index >= 15 is 0 Å². The van der Waals surface area contributed by atoms with Crippen LogP contribution in [0.4, 0.5) is 0 Å². The first-order chi connectivity index (χ1) is 14.2. The Balaban J connectivity index is 1.64. The summed E-state index contributed by atoms with van der Waals surface area (Å²) in [5.74, 6) is -0.444. The molecule has 0 aromatic heterocycles. The van der Waals surface area contributed by atoms with Crippen molar-refractivity contribution in [1.29, 1.82) is 0 Å². The molecule has 3 rings (SSSR count). The minimum Gasteiger partial charge on any atom is -0.454 e. The number of rotatable bonds is 6. The van der Waals surface area contributed by atoms with E-state index in [0.29, 0.717) is 35.5 Å². The molecule has 2 aromatic rings. The molecule has 0 spiro atoms. The zero-order valence-electron chi connectivity index (χ0n) is 16.9. The number of ketones is 1. The number of benzene rings is 2. The molecule has 30 heavy (non-hydrogen) atoms. The lowest BCUT2D eigenvalue weighted by atomic mass is 9.94. The van der Waals surface area contributed by atoms with Gasteiger partial charge < -0.3 is 4.74 Å². The van der Waals surface area contributed by atoms with Crippen molar-refractivity contribution in [3.8, 4) is 0 Å². The molecular weight excluding hydrogens is 426 g/mol. The number of carbonyl (C=O) groups excluding carboxylic acids is 2. The summed E-state index contributed by atoms with van der Waals surface area (Å²) in [5.41, 5.74) is 0.567. The van der Waals surface area contributed by atoms with Crippen LogP contribution in [0.5, 0.6) is 0 Å². The first-order valence-electron chi connectivity index (χ1n) is 9.73. The van der Waals surface area contributed by atoms with Crippen molar-refractivity contribution < 1.29 is 22.7 Å². The number of carbonyl (C=O) groups is 2. The van der Waals surface area contributed by atoms with E-state index in [0.717, 1.165) is 6.42 Å². The van der Waals surface area contributed by atoms with E-state index in [2.05, 4.69) is 0 Å². The highest BCUT2D eigenvalue weighted by molar-refractivity contribution is 7.89. The smallest absolute Gasteiger partial charge is 0.338 e. The summed E-state index contributed by atoms with van der Waals surface area (Å²) < 4.78 is 32.4. The van der Waals surface area contributed by atoms with Gasteiger partial charge in [0.2, 0.25) is 10.0 Å². The molecule has 0 N–H and O–H groups in total. The highest BCUT2D eigenvalue weighted by Crippen LogP contribution is 2.26. The molecule has 1 aliphatic rings. The summed E-state index contributed by atoms with van der Waals surface area (Å²) in [6, 6.07) is 11.9. The van der Waals surface area contributed by atoms with Crippen molar-refractivity contribution in [3.63, 3.8) is 0 Å². The maximum atomic E-state index is 12.9. The lowest BCUT2D eigenvalue weighted by Crippen LogP contribution is -2.42. The van der Waals surface area contributed by atoms with Gasteiger partial charge >= 0.3 is 5.97 Å². The van der Waals surface area contributed by atoms with E-state index in [9.17, 15) is 18.0 Å². The molecule has 1 fully saturated rings. The van der Waals surface area contributed by atoms with Gasteiger partial charge in [0, 0.05) is 23.7 Å². The van der Waals surface area contributed by atoms with E-state index in [1.54, 1.807) is 24.3 Å². The Hall–Kier alpha value is -2.22. The number of piperidine rings is 1. The quantitative estimate of drug-likeness (QED) is 0.491. The van der Waals surface area contributed by atoms with Crippen molar-refractivity contribution in [2.45, 2.75) is 25.2 Å². The van der Waals surface area contributed by atoms with Gasteiger partial charge in [-0.05, 0) is 66.8 Å². The highest BCUT2D eigenvalue weighted by atomic mass is 35.5. The molecule has 1 aliphatic heterocycles. The number of Topliss-reactive ketones (excluding diaryl/α,β-unsaturated/α-hetero) is 1. The Morgan fingerprint density at radius 3 is 2.07 bits per heavy atom. The summed E-state index contributed by atoms with van der Waals surface area (Å²) in [6.45, 7) is 4.65. The van der Waals surface area contributed by atoms with Crippen molar-refractivity contribution >= 4 is 33.4 Å². The molecule has 0 radical (unpaired) electrons. The summed E-state index contributed by atoms with van der Waals surface area (Å²) in [5, 5.41) is 0.507. The van der Waals surface area contributed by atoms with Crippen LogP contribution in [0.25, 0.3) is 0 Å². The van der Waals surface area contributed by atoms with Crippen LogP contribution in [0.15, 0.2) is 53.4 Å². The third-order valence-electron chi connectivity index (χ3n) is 5.06. The van der Waals surface area contributed by atoms with E-state index in [1.165, 1.54) is 28.6 Å². The molecule has 6 nitrogen and oxygen atoms in total. The van der Waals surface area contributed by atoms with E-state index < -0.39 is 22.6 Å². The van der Waals surface area contributed by atoms with E-state index in [-0.39, 0.29) is 16.2 Å². The highest BCUT2D eigenvalue weighted by Gasteiger charge is 2.31. The van der Waals surface area contributed by atoms with Gasteiger partial charge in [-0.3, -0.25) is 4.79 Å². The van der Waals surface area contributed by atoms with Gasteiger partial charge in [0.15, 0.2) is 12.4 Å². The number of sulfonamides is 1. The number of esters is 1. The van der Waals surface area contributed by atoms with Gasteiger partial charge in [-0.25, -0.2) is 13.2 Å². The van der Waals surface area contributed by atoms with Crippen LogP contribution in [0.1, 0.15) is 41.0 Å². The Morgan fingerprint density at radius 2 is 1.50 bits per heavy atom. The Bertz CT molecular complexity index is 1010. The SMILES string of the molecule is CC1CC(C)CN(S(=O)(=O)c2ccc(C(=O)OCC(=O)c3ccc(Cl)cc3)cc2)C1. The Morgan fingerprint density at radius 1 is 0.967 bits per heavy atom. The van der Waals surface area contributed by atoms with Crippen LogP contribution in [-0.2, 0) is 14.8 Å². The second-order valence-corrected chi connectivity index (χ2v) is 10.2. The zero-order valence-corrected chi connectivity index (χ0v) is 18.4. The van der Waals surface area contributed by atoms with E-state index in [4.69, 9.17) is 16.3 Å². The molecule has 2 atom stereocenters. The molecule has 160 valence electrons. The molecule has 2 unspecified atom stereocenters. The summed E-state index contributed by atoms with van der Waals surface area (Å²) in [6.07, 6.45) is 1.01. The predicted octanol–water partition coefficient (Wildman–Crippen LogP) is 4.05. The summed E-state index contributed by atoms with van der Waals surface area (Å²) >= 11 is 5.79. The number of hydrogen-bond acceptors (Lipinski definition) is 5. The lowest BCUT2D eigenvalue weighted by molar-refractivity contribution is 0.0474. The fraction of sp³-hybridized carbons (Fsp3) is 0.364. The largest absolute Gasteiger partial charge is 0.454 e. The fourth-order valence-corrected chi connectivity index (χ4v) is 5.45. The monoisotopic (exact) mass is 449 g/mol. The van der Waals surface area contributed by atoms with Crippen LogP contribution in [-0.4, -0.2) is 44.2 Å². The van der Waals surface area contributed by atoms with E-state index in [1.807, 2.05) is 13.8 Å². The number of ether oxygens (including phenoxy) is 1. The molecule has 1 saturated heterocycles. The van der Waals surface area contributed by atoms with Gasteiger partial charge in [0.1, 0.15) is 0 Å². The molecular formula is C22H24ClNO5S. The van der Waals surface area contributed by atoms with Gasteiger partial charge in [0.25, 0.3) is 0 Å². The van der Waals surface area contributed by atoms with Crippen molar-refractivity contribution in [1.82, 2.24) is 4.31 Å². The molecule has 0 aliphatic carbocycles. The molecule has 0 saturated carbocycles. The average molecular weight is 450 g/mol. The van der Waals surface area contributed by atoms with Crippen LogP contribution in [0, 0.1) is 11.8 Å². The third-order valence-corrected chi connectivity index (χ3v) is 7.16. The van der Waals surface area contributed by atoms with Crippen LogP contribution >= 0.6 is 11.6 Å². The number of nitrogens with zero attached hydrogens (tertiary/aromatic N) is 1. The van der Waals surface area contributed by atoms with Crippen LogP contribution < -0.4 is 0 Å². The average Bonchev–Trinajstić information content (AvgIpc) is 2.71. The van der Waals surface area contributed by atoms with Gasteiger partial charge in [-0.15, -0.1) is 0 Å². The molecule has 8 heteroatoms. The minimum atomic E-state index is -3.62. The second-order valence-electron chi connectivity index (χ2n) is 7.80. The third kappa shape index (κ3) is 5.28. The number of hydrogen-bond donors (Lipinski definition) is 0. The van der Waals surface area contributed by atoms with Crippen molar-refractivity contribution in [3.05, 3.63) is 64.7 Å². The van der Waals surface area contributed by atoms with Gasteiger partial charge in [-0.2, -0.15) is 4.31 Å². The lowest BCUT2D eigenvalue weighted by Gasteiger charge is -2.34. The molecule has 1 heterocycles. The van der Waals surface area contributed by atoms with Crippen molar-refractivity contribution in [2.75, 3.05) is 19.7 Å². The first kappa shape index (κ1) is 22.5. The van der Waals surface area contributed by atoms with Gasteiger partial charge in [-0.1, -0.05) is 25.4 Å². The molecule has 0 amide bonds. The maximum absolute atomic E-state index is 12.9. The summed E-state index contributed by atoms with van der Waals surface area (Å²) in [7, 11) is -3.62. The second kappa shape index (κ2) is 9.29. The molecule has 0 bridgehead atoms. The summed E-state index contributed by atoms with van der Waals surface area (Å²) in [4.78, 5) is 24.5. The Kier molecular flexibility index (Phi) is 6.95. The standard InChI is InChI=1S/C22H24ClNO5S/c1-15-11-16(2)13-24(12-15)30(27,28)20-9-5-18(6-10-20)22(26)29-14-21(25)17-3-7-19(23)8-4-17/h3-10,15-16H,11-14H2,1-2H3. The number of halogens is 1. The zero-order chi connectivity index (χ0) is 21.9. The topological polar surface area (TPSA) is 80.8 Å². The predicted molar refractivity (Wildman–Crippen MR) is 114 cm³/mol. The Labute approximate surface area is 181 Å². The van der Waals surface area contributed by atoms with Crippen LogP contribution in [0.3, 0.4) is 0 Å².